The van der Waals surface area contributed by atoms with Crippen molar-refractivity contribution in [1.29, 1.82) is 5.26 Å². The number of hydrogen-bond donors (Lipinski definition) is 0. The fourth-order valence-electron chi connectivity index (χ4n) is 5.20. The lowest BCUT2D eigenvalue weighted by Crippen LogP contribution is -2.40. The second-order valence-corrected chi connectivity index (χ2v) is 8.40. The van der Waals surface area contributed by atoms with Gasteiger partial charge in [0.25, 0.3) is 0 Å². The van der Waals surface area contributed by atoms with Crippen LogP contribution in [-0.4, -0.2) is 12.6 Å². The Hall–Kier alpha value is -4.10. The zero-order valence-electron chi connectivity index (χ0n) is 17.2. The van der Waals surface area contributed by atoms with Gasteiger partial charge in [0.05, 0.1) is 18.2 Å². The van der Waals surface area contributed by atoms with Crippen LogP contribution >= 0.6 is 0 Å². The van der Waals surface area contributed by atoms with Crippen molar-refractivity contribution in [3.05, 3.63) is 113 Å². The summed E-state index contributed by atoms with van der Waals surface area (Å²) < 4.78 is 11.9. The quantitative estimate of drug-likeness (QED) is 0.422. The van der Waals surface area contributed by atoms with E-state index >= 15 is 0 Å². The molecule has 0 saturated heterocycles. The number of hydrogen-bond acceptors (Lipinski definition) is 4. The van der Waals surface area contributed by atoms with E-state index in [-0.39, 0.29) is 11.9 Å². The summed E-state index contributed by atoms with van der Waals surface area (Å²) in [6.45, 7) is 0.514. The number of carbonyl (C=O) groups excluding carboxylic acids is 1. The normalized spacial score (nSPS) is 23.2. The molecule has 0 saturated carbocycles. The molecular formula is C28H19NO3. The third-order valence-corrected chi connectivity index (χ3v) is 6.70. The smallest absolute Gasteiger partial charge is 0.326 e. The van der Waals surface area contributed by atoms with Gasteiger partial charge in [-0.3, -0.25) is 4.79 Å². The Bertz CT molecular complexity index is 1350. The highest BCUT2D eigenvalue weighted by molar-refractivity contribution is 6.05. The van der Waals surface area contributed by atoms with Crippen LogP contribution in [0.5, 0.6) is 5.75 Å². The predicted molar refractivity (Wildman–Crippen MR) is 120 cm³/mol. The molecule has 3 aliphatic rings. The average Bonchev–Trinajstić information content (AvgIpc) is 3.38. The van der Waals surface area contributed by atoms with Crippen molar-refractivity contribution >= 4 is 17.3 Å². The van der Waals surface area contributed by atoms with Crippen LogP contribution in [0.2, 0.25) is 0 Å². The zero-order chi connectivity index (χ0) is 21.7. The van der Waals surface area contributed by atoms with E-state index < -0.39 is 5.41 Å². The first-order chi connectivity index (χ1) is 15.7. The van der Waals surface area contributed by atoms with Gasteiger partial charge in [-0.15, -0.1) is 0 Å². The molecule has 154 valence electrons. The van der Waals surface area contributed by atoms with E-state index in [1.807, 2.05) is 66.7 Å². The van der Waals surface area contributed by atoms with Crippen molar-refractivity contribution in [2.45, 2.75) is 11.8 Å². The average molecular weight is 417 g/mol. The van der Waals surface area contributed by atoms with Crippen LogP contribution in [0.4, 0.5) is 0 Å². The van der Waals surface area contributed by atoms with Gasteiger partial charge in [0.1, 0.15) is 16.9 Å². The number of allylic oxidation sites excluding steroid dienone is 1. The molecular weight excluding hydrogens is 398 g/mol. The Morgan fingerprint density at radius 1 is 0.906 bits per heavy atom. The van der Waals surface area contributed by atoms with Crippen molar-refractivity contribution in [2.75, 3.05) is 6.61 Å². The van der Waals surface area contributed by atoms with Crippen molar-refractivity contribution in [1.82, 2.24) is 0 Å². The third kappa shape index (κ3) is 2.58. The van der Waals surface area contributed by atoms with E-state index in [9.17, 15) is 4.79 Å². The lowest BCUT2D eigenvalue weighted by molar-refractivity contribution is -0.136. The minimum Gasteiger partial charge on any atom is -0.492 e. The summed E-state index contributed by atoms with van der Waals surface area (Å²) in [5.74, 6) is 1.31. The fourth-order valence-corrected chi connectivity index (χ4v) is 5.20. The molecule has 4 nitrogen and oxygen atoms in total. The van der Waals surface area contributed by atoms with Gasteiger partial charge >= 0.3 is 5.97 Å². The van der Waals surface area contributed by atoms with E-state index in [1.54, 1.807) is 12.1 Å². The molecule has 2 heterocycles. The Kier molecular flexibility index (Phi) is 4.06. The highest BCUT2D eigenvalue weighted by Crippen LogP contribution is 2.57. The van der Waals surface area contributed by atoms with E-state index in [0.29, 0.717) is 24.3 Å². The lowest BCUT2D eigenvalue weighted by atomic mass is 9.63. The van der Waals surface area contributed by atoms with Gasteiger partial charge in [-0.25, -0.2) is 0 Å². The van der Waals surface area contributed by atoms with Gasteiger partial charge < -0.3 is 9.47 Å². The molecule has 0 unspecified atom stereocenters. The van der Waals surface area contributed by atoms with Crippen molar-refractivity contribution < 1.29 is 14.3 Å². The summed E-state index contributed by atoms with van der Waals surface area (Å²) in [4.78, 5) is 13.5. The molecule has 0 aromatic heterocycles. The van der Waals surface area contributed by atoms with Crippen molar-refractivity contribution in [3.63, 3.8) is 0 Å². The number of nitrogens with zero attached hydrogens (tertiary/aromatic N) is 1. The number of rotatable bonds is 2. The second-order valence-electron chi connectivity index (χ2n) is 8.40. The summed E-state index contributed by atoms with van der Waals surface area (Å²) in [6, 6.07) is 27.4. The molecule has 0 N–H and O–H groups in total. The van der Waals surface area contributed by atoms with Crippen LogP contribution in [0.1, 0.15) is 28.7 Å². The maximum Gasteiger partial charge on any atom is 0.326 e. The first-order valence-electron chi connectivity index (χ1n) is 10.7. The molecule has 0 bridgehead atoms. The summed E-state index contributed by atoms with van der Waals surface area (Å²) in [7, 11) is 0. The minimum absolute atomic E-state index is 0.0758. The van der Waals surface area contributed by atoms with E-state index in [0.717, 1.165) is 33.6 Å². The Balaban J connectivity index is 1.58. The van der Waals surface area contributed by atoms with Crippen LogP contribution in [0, 0.1) is 17.2 Å². The second kappa shape index (κ2) is 6.96. The number of fused-ring (bicyclic) bond motifs is 3. The SMILES string of the molecule is N#Cc1ccc(C2=C3C=C(c4ccccc4)[C@]4(C[C@H]3CO2)C(=O)Oc2ccccc24)cc1. The van der Waals surface area contributed by atoms with Crippen molar-refractivity contribution in [3.8, 4) is 11.8 Å². The number of para-hydroxylation sites is 1. The fraction of sp³-hybridized carbons (Fsp3) is 0.143. The number of benzene rings is 3. The molecule has 1 spiro atoms. The predicted octanol–water partition coefficient (Wildman–Crippen LogP) is 5.26. The van der Waals surface area contributed by atoms with Crippen LogP contribution in [0.25, 0.3) is 11.3 Å². The van der Waals surface area contributed by atoms with Gasteiger partial charge in [0.2, 0.25) is 0 Å². The number of nitriles is 1. The van der Waals surface area contributed by atoms with Crippen LogP contribution in [-0.2, 0) is 14.9 Å². The molecule has 6 rings (SSSR count). The van der Waals surface area contributed by atoms with Gasteiger partial charge in [0.15, 0.2) is 0 Å². The third-order valence-electron chi connectivity index (χ3n) is 6.70. The van der Waals surface area contributed by atoms with E-state index in [1.165, 1.54) is 0 Å². The molecule has 0 fully saturated rings. The molecule has 0 amide bonds. The Morgan fingerprint density at radius 3 is 2.44 bits per heavy atom. The molecule has 4 heteroatoms. The van der Waals surface area contributed by atoms with Crippen molar-refractivity contribution in [2.24, 2.45) is 5.92 Å². The highest BCUT2D eigenvalue weighted by atomic mass is 16.5. The number of carbonyl (C=O) groups is 1. The van der Waals surface area contributed by atoms with Gasteiger partial charge in [-0.1, -0.05) is 48.5 Å². The molecule has 3 aromatic carbocycles. The molecule has 1 aliphatic carbocycles. The van der Waals surface area contributed by atoms with E-state index in [2.05, 4.69) is 12.1 Å². The maximum atomic E-state index is 13.5. The number of esters is 1. The van der Waals surface area contributed by atoms with Gasteiger partial charge in [0, 0.05) is 22.6 Å². The molecule has 3 aromatic rings. The highest BCUT2D eigenvalue weighted by Gasteiger charge is 2.56. The minimum atomic E-state index is -0.852. The lowest BCUT2D eigenvalue weighted by Gasteiger charge is -2.36. The largest absolute Gasteiger partial charge is 0.492 e. The Morgan fingerprint density at radius 2 is 1.66 bits per heavy atom. The molecule has 2 atom stereocenters. The van der Waals surface area contributed by atoms with Crippen LogP contribution < -0.4 is 4.74 Å². The van der Waals surface area contributed by atoms with Gasteiger partial charge in [-0.2, -0.15) is 5.26 Å². The van der Waals surface area contributed by atoms with Crippen LogP contribution in [0.15, 0.2) is 90.5 Å². The standard InChI is InChI=1S/C28H19NO3/c29-16-18-10-12-20(13-11-18)26-22-14-24(19-6-2-1-3-7-19)28(15-21(22)17-31-26)23-8-4-5-9-25(23)32-27(28)30/h1-14,21H,15,17H2/t21-,28+/m0/s1. The summed E-state index contributed by atoms with van der Waals surface area (Å²) in [6.07, 6.45) is 2.73. The Labute approximate surface area is 186 Å². The molecule has 0 radical (unpaired) electrons. The number of ether oxygens (including phenoxy) is 2. The van der Waals surface area contributed by atoms with Crippen LogP contribution in [0.3, 0.4) is 0 Å². The van der Waals surface area contributed by atoms with Gasteiger partial charge in [-0.05, 0) is 54.0 Å². The molecule has 2 aliphatic heterocycles. The van der Waals surface area contributed by atoms with E-state index in [4.69, 9.17) is 14.7 Å². The maximum absolute atomic E-state index is 13.5. The molecule has 32 heavy (non-hydrogen) atoms. The first kappa shape index (κ1) is 18.7. The zero-order valence-corrected chi connectivity index (χ0v) is 17.2. The monoisotopic (exact) mass is 417 g/mol. The topological polar surface area (TPSA) is 59.3 Å². The summed E-state index contributed by atoms with van der Waals surface area (Å²) in [5.41, 5.74) is 4.66. The summed E-state index contributed by atoms with van der Waals surface area (Å²) >= 11 is 0. The first-order valence-corrected chi connectivity index (χ1v) is 10.7. The summed E-state index contributed by atoms with van der Waals surface area (Å²) in [5, 5.41) is 9.12.